The van der Waals surface area contributed by atoms with Crippen LogP contribution < -0.4 is 0 Å². The predicted octanol–water partition coefficient (Wildman–Crippen LogP) is 1.82. The third-order valence-electron chi connectivity index (χ3n) is 2.09. The van der Waals surface area contributed by atoms with Crippen LogP contribution in [0.3, 0.4) is 0 Å². The third kappa shape index (κ3) is 2.26. The number of carboxylic acid groups (broad SMARTS) is 1. The van der Waals surface area contributed by atoms with E-state index in [1.807, 2.05) is 6.92 Å². The van der Waals surface area contributed by atoms with Crippen LogP contribution in [0.2, 0.25) is 5.15 Å². The Balaban J connectivity index is 2.77. The van der Waals surface area contributed by atoms with E-state index < -0.39 is 11.9 Å². The minimum Gasteiger partial charge on any atom is -0.481 e. The molecule has 0 aliphatic heterocycles. The number of hydrogen-bond acceptors (Lipinski definition) is 2. The fourth-order valence-electron chi connectivity index (χ4n) is 1.11. The summed E-state index contributed by atoms with van der Waals surface area (Å²) in [5.41, 5.74) is 0.948. The molecular formula is C9H13ClN2O2. The second kappa shape index (κ2) is 4.46. The molecule has 1 aromatic heterocycles. The number of nitrogens with zero attached hydrogens (tertiary/aromatic N) is 2. The fourth-order valence-corrected chi connectivity index (χ4v) is 1.41. The quantitative estimate of drug-likeness (QED) is 0.835. The van der Waals surface area contributed by atoms with Crippen LogP contribution in [0.5, 0.6) is 0 Å². The van der Waals surface area contributed by atoms with Crippen LogP contribution in [0.15, 0.2) is 6.20 Å². The van der Waals surface area contributed by atoms with Crippen LogP contribution in [0.25, 0.3) is 0 Å². The first-order valence-electron chi connectivity index (χ1n) is 4.49. The average Bonchev–Trinajstić information content (AvgIpc) is 2.47. The zero-order valence-corrected chi connectivity index (χ0v) is 8.95. The Morgan fingerprint density at radius 1 is 1.79 bits per heavy atom. The zero-order valence-electron chi connectivity index (χ0n) is 8.20. The first-order chi connectivity index (χ1) is 6.56. The molecule has 14 heavy (non-hydrogen) atoms. The molecule has 78 valence electrons. The lowest BCUT2D eigenvalue weighted by atomic mass is 10.2. The molecule has 0 aliphatic carbocycles. The average molecular weight is 217 g/mol. The van der Waals surface area contributed by atoms with Crippen molar-refractivity contribution < 1.29 is 9.90 Å². The summed E-state index contributed by atoms with van der Waals surface area (Å²) < 4.78 is 1.53. The van der Waals surface area contributed by atoms with E-state index in [1.54, 1.807) is 13.1 Å². The molecule has 0 amide bonds. The van der Waals surface area contributed by atoms with Crippen molar-refractivity contribution in [2.24, 2.45) is 5.92 Å². The smallest absolute Gasteiger partial charge is 0.308 e. The summed E-state index contributed by atoms with van der Waals surface area (Å²) in [5.74, 6) is -1.31. The second-order valence-electron chi connectivity index (χ2n) is 3.24. The summed E-state index contributed by atoms with van der Waals surface area (Å²) in [6.07, 6.45) is 2.48. The maximum atomic E-state index is 10.6. The summed E-state index contributed by atoms with van der Waals surface area (Å²) >= 11 is 5.98. The summed E-state index contributed by atoms with van der Waals surface area (Å²) in [4.78, 5) is 10.6. The minimum absolute atomic E-state index is 0.314. The first kappa shape index (κ1) is 11.0. The number of aryl methyl sites for hydroxylation is 1. The summed E-state index contributed by atoms with van der Waals surface area (Å²) in [6.45, 7) is 3.92. The van der Waals surface area contributed by atoms with Gasteiger partial charge in [0, 0.05) is 5.56 Å². The van der Waals surface area contributed by atoms with E-state index in [1.165, 1.54) is 4.68 Å². The van der Waals surface area contributed by atoms with Gasteiger partial charge < -0.3 is 5.11 Å². The number of hydrogen-bond donors (Lipinski definition) is 1. The molecule has 1 aromatic rings. The number of carboxylic acids is 1. The molecule has 0 fully saturated rings. The van der Waals surface area contributed by atoms with Gasteiger partial charge in [0.15, 0.2) is 0 Å². The van der Waals surface area contributed by atoms with Crippen molar-refractivity contribution in [1.82, 2.24) is 9.78 Å². The van der Waals surface area contributed by atoms with Crippen molar-refractivity contribution in [3.8, 4) is 0 Å². The largest absolute Gasteiger partial charge is 0.481 e. The molecule has 1 atom stereocenters. The Hall–Kier alpha value is -1.03. The second-order valence-corrected chi connectivity index (χ2v) is 3.59. The standard InChI is InChI=1S/C9H13ClN2O2/c1-3-7-4-11-12(8(7)10)5-6(2)9(13)14/h4,6H,3,5H2,1-2H3,(H,13,14). The highest BCUT2D eigenvalue weighted by molar-refractivity contribution is 6.30. The number of rotatable bonds is 4. The molecule has 1 heterocycles. The maximum absolute atomic E-state index is 10.6. The SMILES string of the molecule is CCc1cnn(CC(C)C(=O)O)c1Cl. The summed E-state index contributed by atoms with van der Waals surface area (Å²) in [7, 11) is 0. The highest BCUT2D eigenvalue weighted by atomic mass is 35.5. The number of aromatic nitrogens is 2. The molecule has 5 heteroatoms. The fraction of sp³-hybridized carbons (Fsp3) is 0.556. The summed E-state index contributed by atoms with van der Waals surface area (Å²) in [5, 5.41) is 13.3. The van der Waals surface area contributed by atoms with Crippen molar-refractivity contribution in [2.75, 3.05) is 0 Å². The van der Waals surface area contributed by atoms with Gasteiger partial charge in [0.1, 0.15) is 5.15 Å². The lowest BCUT2D eigenvalue weighted by Gasteiger charge is -2.07. The molecule has 0 saturated heterocycles. The zero-order chi connectivity index (χ0) is 10.7. The van der Waals surface area contributed by atoms with Crippen LogP contribution in [0.4, 0.5) is 0 Å². The van der Waals surface area contributed by atoms with Crippen LogP contribution in [0, 0.1) is 5.92 Å². The molecule has 1 N–H and O–H groups in total. The topological polar surface area (TPSA) is 55.1 Å². The normalized spacial score (nSPS) is 12.8. The van der Waals surface area contributed by atoms with Gasteiger partial charge in [-0.15, -0.1) is 0 Å². The van der Waals surface area contributed by atoms with Gasteiger partial charge in [-0.2, -0.15) is 5.10 Å². The van der Waals surface area contributed by atoms with Crippen molar-refractivity contribution in [2.45, 2.75) is 26.8 Å². The van der Waals surface area contributed by atoms with Gasteiger partial charge in [-0.1, -0.05) is 25.4 Å². The lowest BCUT2D eigenvalue weighted by Crippen LogP contribution is -2.17. The van der Waals surface area contributed by atoms with Gasteiger partial charge in [-0.3, -0.25) is 9.48 Å². The van der Waals surface area contributed by atoms with Gasteiger partial charge in [-0.05, 0) is 6.42 Å². The Kier molecular flexibility index (Phi) is 3.52. The Labute approximate surface area is 87.5 Å². The highest BCUT2D eigenvalue weighted by Crippen LogP contribution is 2.17. The van der Waals surface area contributed by atoms with Crippen LogP contribution in [-0.4, -0.2) is 20.9 Å². The van der Waals surface area contributed by atoms with Gasteiger partial charge in [-0.25, -0.2) is 0 Å². The van der Waals surface area contributed by atoms with E-state index in [2.05, 4.69) is 5.10 Å². The van der Waals surface area contributed by atoms with E-state index in [0.29, 0.717) is 11.7 Å². The van der Waals surface area contributed by atoms with Gasteiger partial charge >= 0.3 is 5.97 Å². The molecule has 0 aliphatic rings. The Morgan fingerprint density at radius 3 is 2.86 bits per heavy atom. The molecule has 1 rings (SSSR count). The predicted molar refractivity (Wildman–Crippen MR) is 53.4 cm³/mol. The first-order valence-corrected chi connectivity index (χ1v) is 4.87. The van der Waals surface area contributed by atoms with E-state index in [-0.39, 0.29) is 0 Å². The monoisotopic (exact) mass is 216 g/mol. The Morgan fingerprint density at radius 2 is 2.43 bits per heavy atom. The van der Waals surface area contributed by atoms with Crippen molar-refractivity contribution in [3.63, 3.8) is 0 Å². The van der Waals surface area contributed by atoms with Crippen molar-refractivity contribution >= 4 is 17.6 Å². The van der Waals surface area contributed by atoms with Crippen LogP contribution in [0.1, 0.15) is 19.4 Å². The molecule has 0 bridgehead atoms. The lowest BCUT2D eigenvalue weighted by molar-refractivity contribution is -0.141. The molecule has 0 saturated carbocycles. The molecule has 0 radical (unpaired) electrons. The van der Waals surface area contributed by atoms with E-state index in [4.69, 9.17) is 16.7 Å². The Bertz CT molecular complexity index is 336. The van der Waals surface area contributed by atoms with Crippen molar-refractivity contribution in [3.05, 3.63) is 16.9 Å². The van der Waals surface area contributed by atoms with Gasteiger partial charge in [0.25, 0.3) is 0 Å². The molecule has 4 nitrogen and oxygen atoms in total. The van der Waals surface area contributed by atoms with E-state index in [0.717, 1.165) is 12.0 Å². The number of aliphatic carboxylic acids is 1. The van der Waals surface area contributed by atoms with Crippen LogP contribution in [-0.2, 0) is 17.8 Å². The molecule has 0 spiro atoms. The summed E-state index contributed by atoms with van der Waals surface area (Å²) in [6, 6.07) is 0. The van der Waals surface area contributed by atoms with Gasteiger partial charge in [0.2, 0.25) is 0 Å². The molecular weight excluding hydrogens is 204 g/mol. The van der Waals surface area contributed by atoms with Crippen molar-refractivity contribution in [1.29, 1.82) is 0 Å². The van der Waals surface area contributed by atoms with Crippen LogP contribution >= 0.6 is 11.6 Å². The third-order valence-corrected chi connectivity index (χ3v) is 2.53. The molecule has 1 unspecified atom stereocenters. The maximum Gasteiger partial charge on any atom is 0.308 e. The van der Waals surface area contributed by atoms with Gasteiger partial charge in [0.05, 0.1) is 18.7 Å². The minimum atomic E-state index is -0.838. The highest BCUT2D eigenvalue weighted by Gasteiger charge is 2.15. The number of carbonyl (C=O) groups is 1. The molecule has 0 aromatic carbocycles. The van der Waals surface area contributed by atoms with E-state index in [9.17, 15) is 4.79 Å². The number of halogens is 1. The van der Waals surface area contributed by atoms with E-state index >= 15 is 0 Å².